The normalized spacial score (nSPS) is 14.8. The maximum atomic E-state index is 13.1. The molecular weight excluding hydrogens is 393 g/mol. The molecule has 3 rings (SSSR count). The van der Waals surface area contributed by atoms with Gasteiger partial charge in [-0.25, -0.2) is 4.98 Å². The number of hydrogen-bond donors (Lipinski definition) is 1. The molecule has 1 aliphatic rings. The van der Waals surface area contributed by atoms with Crippen molar-refractivity contribution in [2.45, 2.75) is 38.1 Å². The third-order valence-corrected chi connectivity index (χ3v) is 5.86. The van der Waals surface area contributed by atoms with Gasteiger partial charge in [-0.2, -0.15) is 0 Å². The highest BCUT2D eigenvalue weighted by atomic mass is 35.5. The Morgan fingerprint density at radius 2 is 1.96 bits per heavy atom. The van der Waals surface area contributed by atoms with Crippen molar-refractivity contribution in [3.05, 3.63) is 45.4 Å². The molecule has 0 aliphatic heterocycles. The number of halogens is 2. The quantitative estimate of drug-likeness (QED) is 0.763. The molecule has 1 N–H and O–H groups in total. The highest BCUT2D eigenvalue weighted by Crippen LogP contribution is 2.27. The average Bonchev–Trinajstić information content (AvgIpc) is 3.15. The zero-order chi connectivity index (χ0) is 18.5. The minimum atomic E-state index is -0.251. The molecule has 1 fully saturated rings. The second-order valence-corrected chi connectivity index (χ2v) is 7.95. The summed E-state index contributed by atoms with van der Waals surface area (Å²) in [5.74, 6) is -0.455. The number of carbonyl (C=O) groups is 2. The van der Waals surface area contributed by atoms with Crippen LogP contribution in [-0.2, 0) is 4.79 Å². The number of nitrogens with zero attached hydrogens (tertiary/aromatic N) is 2. The van der Waals surface area contributed by atoms with Gasteiger partial charge in [0.15, 0.2) is 5.13 Å². The number of nitrogens with one attached hydrogen (secondary N) is 1. The number of rotatable bonds is 5. The number of benzene rings is 1. The minimum absolute atomic E-state index is 0.0106. The lowest BCUT2D eigenvalue weighted by Crippen LogP contribution is -2.45. The summed E-state index contributed by atoms with van der Waals surface area (Å²) in [5.41, 5.74) is 0.437. The summed E-state index contributed by atoms with van der Waals surface area (Å²) in [4.78, 5) is 31.2. The lowest BCUT2D eigenvalue weighted by atomic mass is 9.93. The fourth-order valence-corrected chi connectivity index (χ4v) is 4.00. The van der Waals surface area contributed by atoms with Gasteiger partial charge in [0.2, 0.25) is 5.91 Å². The third kappa shape index (κ3) is 4.75. The predicted octanol–water partition coefficient (Wildman–Crippen LogP) is 4.86. The Kier molecular flexibility index (Phi) is 6.51. The molecule has 1 aliphatic carbocycles. The van der Waals surface area contributed by atoms with Gasteiger partial charge in [-0.3, -0.25) is 9.59 Å². The van der Waals surface area contributed by atoms with Crippen LogP contribution in [0.4, 0.5) is 5.13 Å². The number of hydrogen-bond acceptors (Lipinski definition) is 4. The van der Waals surface area contributed by atoms with Crippen molar-refractivity contribution in [2.24, 2.45) is 0 Å². The van der Waals surface area contributed by atoms with E-state index in [9.17, 15) is 9.59 Å². The lowest BCUT2D eigenvalue weighted by molar-refractivity contribution is -0.117. The molecule has 8 heteroatoms. The van der Waals surface area contributed by atoms with E-state index in [1.54, 1.807) is 34.7 Å². The van der Waals surface area contributed by atoms with Crippen molar-refractivity contribution >= 4 is 51.5 Å². The molecule has 0 atom stereocenters. The molecule has 2 amide bonds. The fourth-order valence-electron chi connectivity index (χ4n) is 3.15. The summed E-state index contributed by atoms with van der Waals surface area (Å²) in [5, 5.41) is 5.79. The smallest absolute Gasteiger partial charge is 0.254 e. The van der Waals surface area contributed by atoms with Crippen molar-refractivity contribution in [1.82, 2.24) is 9.88 Å². The summed E-state index contributed by atoms with van der Waals surface area (Å²) in [6.07, 6.45) is 6.71. The fraction of sp³-hybridized carbons (Fsp3) is 0.389. The van der Waals surface area contributed by atoms with Gasteiger partial charge in [0.25, 0.3) is 5.91 Å². The Hall–Kier alpha value is -1.63. The van der Waals surface area contributed by atoms with Gasteiger partial charge < -0.3 is 10.2 Å². The third-order valence-electron chi connectivity index (χ3n) is 4.44. The summed E-state index contributed by atoms with van der Waals surface area (Å²) in [7, 11) is 0. The first kappa shape index (κ1) is 19.1. The Morgan fingerprint density at radius 1 is 1.19 bits per heavy atom. The number of thiazole rings is 1. The summed E-state index contributed by atoms with van der Waals surface area (Å²) in [6, 6.07) is 4.85. The summed E-state index contributed by atoms with van der Waals surface area (Å²) >= 11 is 13.4. The van der Waals surface area contributed by atoms with E-state index in [4.69, 9.17) is 23.2 Å². The van der Waals surface area contributed by atoms with Gasteiger partial charge in [-0.05, 0) is 31.0 Å². The minimum Gasteiger partial charge on any atom is -0.326 e. The Labute approximate surface area is 166 Å². The second-order valence-electron chi connectivity index (χ2n) is 6.24. The van der Waals surface area contributed by atoms with E-state index in [-0.39, 0.29) is 24.4 Å². The van der Waals surface area contributed by atoms with Gasteiger partial charge in [0.05, 0.1) is 10.0 Å². The summed E-state index contributed by atoms with van der Waals surface area (Å²) < 4.78 is 0. The average molecular weight is 412 g/mol. The van der Waals surface area contributed by atoms with Crippen LogP contribution in [-0.4, -0.2) is 34.3 Å². The number of anilines is 1. The number of aromatic nitrogens is 1. The monoisotopic (exact) mass is 411 g/mol. The molecule has 0 bridgehead atoms. The molecular formula is C18H19Cl2N3O2S. The molecule has 0 radical (unpaired) electrons. The van der Waals surface area contributed by atoms with Crippen LogP contribution in [0.2, 0.25) is 10.0 Å². The molecule has 5 nitrogen and oxygen atoms in total. The number of amides is 2. The van der Waals surface area contributed by atoms with Crippen LogP contribution in [0.15, 0.2) is 29.8 Å². The molecule has 2 aromatic rings. The van der Waals surface area contributed by atoms with Crippen LogP contribution >= 0.6 is 34.5 Å². The van der Waals surface area contributed by atoms with Crippen LogP contribution in [0.1, 0.15) is 42.5 Å². The zero-order valence-corrected chi connectivity index (χ0v) is 16.4. The Bertz CT molecular complexity index is 777. The van der Waals surface area contributed by atoms with Crippen molar-refractivity contribution in [3.8, 4) is 0 Å². The molecule has 1 aromatic carbocycles. The SMILES string of the molecule is O=C(CN(C(=O)c1ccc(Cl)c(Cl)c1)C1CCCCC1)Nc1nccs1. The van der Waals surface area contributed by atoms with Crippen LogP contribution < -0.4 is 5.32 Å². The van der Waals surface area contributed by atoms with E-state index in [1.807, 2.05) is 0 Å². The molecule has 26 heavy (non-hydrogen) atoms. The van der Waals surface area contributed by atoms with E-state index in [1.165, 1.54) is 11.3 Å². The van der Waals surface area contributed by atoms with E-state index in [2.05, 4.69) is 10.3 Å². The molecule has 138 valence electrons. The molecule has 0 saturated heterocycles. The lowest BCUT2D eigenvalue weighted by Gasteiger charge is -2.34. The largest absolute Gasteiger partial charge is 0.326 e. The zero-order valence-electron chi connectivity index (χ0n) is 14.1. The van der Waals surface area contributed by atoms with Crippen LogP contribution in [0.25, 0.3) is 0 Å². The van der Waals surface area contributed by atoms with Crippen molar-refractivity contribution in [1.29, 1.82) is 0 Å². The first-order valence-electron chi connectivity index (χ1n) is 8.50. The maximum absolute atomic E-state index is 13.1. The van der Waals surface area contributed by atoms with Crippen LogP contribution in [0, 0.1) is 0 Å². The van der Waals surface area contributed by atoms with Crippen LogP contribution in [0.3, 0.4) is 0 Å². The first-order chi connectivity index (χ1) is 12.5. The van der Waals surface area contributed by atoms with Gasteiger partial charge in [-0.1, -0.05) is 42.5 Å². The summed E-state index contributed by atoms with van der Waals surface area (Å²) in [6.45, 7) is -0.0106. The van der Waals surface area contributed by atoms with Crippen molar-refractivity contribution in [3.63, 3.8) is 0 Å². The van der Waals surface area contributed by atoms with Gasteiger partial charge >= 0.3 is 0 Å². The second kappa shape index (κ2) is 8.84. The van der Waals surface area contributed by atoms with Crippen LogP contribution in [0.5, 0.6) is 0 Å². The maximum Gasteiger partial charge on any atom is 0.254 e. The number of carbonyl (C=O) groups excluding carboxylic acids is 2. The molecule has 0 unspecified atom stereocenters. The molecule has 1 aromatic heterocycles. The van der Waals surface area contributed by atoms with Crippen molar-refractivity contribution in [2.75, 3.05) is 11.9 Å². The molecule has 1 heterocycles. The predicted molar refractivity (Wildman–Crippen MR) is 105 cm³/mol. The highest BCUT2D eigenvalue weighted by molar-refractivity contribution is 7.13. The Morgan fingerprint density at radius 3 is 2.62 bits per heavy atom. The van der Waals surface area contributed by atoms with E-state index < -0.39 is 0 Å². The molecule has 0 spiro atoms. The van der Waals surface area contributed by atoms with E-state index >= 15 is 0 Å². The van der Waals surface area contributed by atoms with Gasteiger partial charge in [0, 0.05) is 23.2 Å². The van der Waals surface area contributed by atoms with E-state index in [0.29, 0.717) is 20.7 Å². The first-order valence-corrected chi connectivity index (χ1v) is 10.1. The Balaban J connectivity index is 1.78. The van der Waals surface area contributed by atoms with Crippen molar-refractivity contribution < 1.29 is 9.59 Å². The highest BCUT2D eigenvalue weighted by Gasteiger charge is 2.28. The molecule has 1 saturated carbocycles. The topological polar surface area (TPSA) is 62.3 Å². The van der Waals surface area contributed by atoms with E-state index in [0.717, 1.165) is 32.1 Å². The van der Waals surface area contributed by atoms with Gasteiger partial charge in [-0.15, -0.1) is 11.3 Å². The standard InChI is InChI=1S/C18H19Cl2N3O2S/c19-14-7-6-12(10-15(14)20)17(25)23(13-4-2-1-3-5-13)11-16(24)22-18-21-8-9-26-18/h6-10,13H,1-5,11H2,(H,21,22,24). The van der Waals surface area contributed by atoms with Gasteiger partial charge in [0.1, 0.15) is 6.54 Å².